The molecule has 0 aromatic heterocycles. The van der Waals surface area contributed by atoms with Crippen molar-refractivity contribution in [3.05, 3.63) is 54.1 Å². The van der Waals surface area contributed by atoms with Gasteiger partial charge in [0.2, 0.25) is 0 Å². The van der Waals surface area contributed by atoms with Gasteiger partial charge in [-0.2, -0.15) is 5.26 Å². The van der Waals surface area contributed by atoms with E-state index < -0.39 is 10.8 Å². The normalized spacial score (nSPS) is 20.6. The summed E-state index contributed by atoms with van der Waals surface area (Å²) in [6.45, 7) is 2.00. The lowest BCUT2D eigenvalue weighted by atomic mass is 9.75. The van der Waals surface area contributed by atoms with Crippen molar-refractivity contribution in [3.8, 4) is 11.8 Å². The summed E-state index contributed by atoms with van der Waals surface area (Å²) >= 11 is 0. The molecule has 5 heteroatoms. The molecule has 2 aromatic rings. The number of piperidine rings is 1. The van der Waals surface area contributed by atoms with Crippen LogP contribution in [0.15, 0.2) is 58.3 Å². The van der Waals surface area contributed by atoms with E-state index in [-0.39, 0.29) is 6.04 Å². The van der Waals surface area contributed by atoms with Gasteiger partial charge in [-0.1, -0.05) is 44.2 Å². The van der Waals surface area contributed by atoms with Gasteiger partial charge in [-0.25, -0.2) is 4.21 Å². The molecule has 2 atom stereocenters. The smallest absolute Gasteiger partial charge is 0.123 e. The van der Waals surface area contributed by atoms with Gasteiger partial charge in [0.05, 0.1) is 24.0 Å². The second-order valence-electron chi connectivity index (χ2n) is 8.82. The molecule has 2 aromatic carbocycles. The van der Waals surface area contributed by atoms with E-state index in [0.29, 0.717) is 0 Å². The van der Waals surface area contributed by atoms with Gasteiger partial charge in [0.15, 0.2) is 0 Å². The summed E-state index contributed by atoms with van der Waals surface area (Å²) in [5.74, 6) is 2.49. The predicted octanol–water partition coefficient (Wildman–Crippen LogP) is 5.72. The lowest BCUT2D eigenvalue weighted by Gasteiger charge is -2.39. The fourth-order valence-electron chi connectivity index (χ4n) is 5.23. The zero-order valence-electron chi connectivity index (χ0n) is 18.3. The van der Waals surface area contributed by atoms with Crippen molar-refractivity contribution in [2.75, 3.05) is 20.2 Å². The van der Waals surface area contributed by atoms with Crippen LogP contribution in [0.2, 0.25) is 0 Å². The Labute approximate surface area is 188 Å². The van der Waals surface area contributed by atoms with E-state index in [1.54, 1.807) is 7.11 Å². The molecule has 0 amide bonds. The molecule has 0 bridgehead atoms. The third kappa shape index (κ3) is 5.19. The van der Waals surface area contributed by atoms with Gasteiger partial charge in [0.25, 0.3) is 0 Å². The monoisotopic (exact) mass is 436 g/mol. The van der Waals surface area contributed by atoms with Crippen LogP contribution in [0.5, 0.6) is 5.75 Å². The van der Waals surface area contributed by atoms with Crippen LogP contribution < -0.4 is 4.74 Å². The first-order chi connectivity index (χ1) is 15.2. The Hall–Kier alpha value is -2.16. The summed E-state index contributed by atoms with van der Waals surface area (Å²) in [6.07, 6.45) is 9.43. The summed E-state index contributed by atoms with van der Waals surface area (Å²) in [4.78, 5) is 3.83. The van der Waals surface area contributed by atoms with Gasteiger partial charge in [0, 0.05) is 9.79 Å². The molecule has 1 saturated heterocycles. The minimum atomic E-state index is -1.25. The minimum absolute atomic E-state index is 0.226. The van der Waals surface area contributed by atoms with E-state index in [9.17, 15) is 9.47 Å². The molecule has 1 heterocycles. The molecule has 1 aliphatic carbocycles. The zero-order chi connectivity index (χ0) is 21.6. The van der Waals surface area contributed by atoms with Crippen LogP contribution in [0.25, 0.3) is 0 Å². The Morgan fingerprint density at radius 1 is 0.903 bits per heavy atom. The van der Waals surface area contributed by atoms with E-state index in [4.69, 9.17) is 4.74 Å². The van der Waals surface area contributed by atoms with Gasteiger partial charge in [0.1, 0.15) is 11.8 Å². The van der Waals surface area contributed by atoms with Gasteiger partial charge in [-0.3, -0.25) is 4.90 Å². The molecular weight excluding hydrogens is 404 g/mol. The molecule has 0 spiro atoms. The highest BCUT2D eigenvalue weighted by Gasteiger charge is 2.30. The third-order valence-electron chi connectivity index (χ3n) is 7.06. The minimum Gasteiger partial charge on any atom is -0.497 e. The first-order valence-electron chi connectivity index (χ1n) is 11.5. The first-order valence-corrected chi connectivity index (χ1v) is 12.6. The summed E-state index contributed by atoms with van der Waals surface area (Å²) in [6, 6.07) is 17.3. The predicted molar refractivity (Wildman–Crippen MR) is 123 cm³/mol. The SMILES string of the molecule is COc1ccc(S(=O)c2ccc(C(C#N)N3CCC(C4CCCCC4)CC3)cc2)cc1. The van der Waals surface area contributed by atoms with Gasteiger partial charge < -0.3 is 4.74 Å². The summed E-state index contributed by atoms with van der Waals surface area (Å²) in [7, 11) is 0.375. The average molecular weight is 437 g/mol. The van der Waals surface area contributed by atoms with Crippen LogP contribution in [-0.4, -0.2) is 29.3 Å². The van der Waals surface area contributed by atoms with Crippen molar-refractivity contribution in [2.45, 2.75) is 60.8 Å². The van der Waals surface area contributed by atoms with Crippen LogP contribution in [-0.2, 0) is 10.8 Å². The molecule has 4 nitrogen and oxygen atoms in total. The van der Waals surface area contributed by atoms with Crippen molar-refractivity contribution in [1.29, 1.82) is 5.26 Å². The van der Waals surface area contributed by atoms with Gasteiger partial charge in [-0.05, 0) is 79.7 Å². The highest BCUT2D eigenvalue weighted by atomic mass is 32.2. The van der Waals surface area contributed by atoms with Crippen LogP contribution in [0.3, 0.4) is 0 Å². The van der Waals surface area contributed by atoms with Crippen molar-refractivity contribution < 1.29 is 8.95 Å². The number of hydrogen-bond donors (Lipinski definition) is 0. The quantitative estimate of drug-likeness (QED) is 0.581. The lowest BCUT2D eigenvalue weighted by Crippen LogP contribution is -2.38. The van der Waals surface area contributed by atoms with E-state index in [0.717, 1.165) is 46.0 Å². The maximum absolute atomic E-state index is 12.9. The van der Waals surface area contributed by atoms with Crippen molar-refractivity contribution in [2.24, 2.45) is 11.8 Å². The second kappa shape index (κ2) is 10.4. The average Bonchev–Trinajstić information content (AvgIpc) is 2.85. The standard InChI is InChI=1S/C26H32N2O2S/c1-30-23-9-13-25(14-10-23)31(29)24-11-7-22(8-12-24)26(19-27)28-17-15-21(16-18-28)20-5-3-2-4-6-20/h7-14,20-21,26H,2-6,15-18H2,1H3. The lowest BCUT2D eigenvalue weighted by molar-refractivity contribution is 0.111. The number of likely N-dealkylation sites (tertiary alicyclic amines) is 1. The number of ether oxygens (including phenoxy) is 1. The Balaban J connectivity index is 1.39. The summed E-state index contributed by atoms with van der Waals surface area (Å²) < 4.78 is 18.1. The molecule has 1 aliphatic heterocycles. The Morgan fingerprint density at radius 2 is 1.45 bits per heavy atom. The molecule has 4 rings (SSSR count). The fraction of sp³-hybridized carbons (Fsp3) is 0.500. The maximum atomic E-state index is 12.9. The maximum Gasteiger partial charge on any atom is 0.123 e. The third-order valence-corrected chi connectivity index (χ3v) is 8.46. The summed E-state index contributed by atoms with van der Waals surface area (Å²) in [5, 5.41) is 9.89. The van der Waals surface area contributed by atoms with Crippen LogP contribution in [0.1, 0.15) is 56.6 Å². The molecule has 0 radical (unpaired) electrons. The van der Waals surface area contributed by atoms with Gasteiger partial charge in [-0.15, -0.1) is 0 Å². The highest BCUT2D eigenvalue weighted by Crippen LogP contribution is 2.37. The number of methoxy groups -OCH3 is 1. The molecule has 2 aliphatic rings. The zero-order valence-corrected chi connectivity index (χ0v) is 19.2. The summed E-state index contributed by atoms with van der Waals surface area (Å²) in [5.41, 5.74) is 0.995. The molecule has 2 unspecified atom stereocenters. The molecule has 2 fully saturated rings. The topological polar surface area (TPSA) is 53.3 Å². The number of rotatable bonds is 6. The molecular formula is C26H32N2O2S. The van der Waals surface area contributed by atoms with E-state index in [1.807, 2.05) is 48.5 Å². The van der Waals surface area contributed by atoms with Crippen molar-refractivity contribution >= 4 is 10.8 Å². The van der Waals surface area contributed by atoms with E-state index in [1.165, 1.54) is 44.9 Å². The van der Waals surface area contributed by atoms with E-state index in [2.05, 4.69) is 11.0 Å². The van der Waals surface area contributed by atoms with Crippen LogP contribution in [0.4, 0.5) is 0 Å². The van der Waals surface area contributed by atoms with E-state index >= 15 is 0 Å². The fourth-order valence-corrected chi connectivity index (χ4v) is 6.27. The largest absolute Gasteiger partial charge is 0.497 e. The first kappa shape index (κ1) is 22.0. The molecule has 164 valence electrons. The Bertz CT molecular complexity index is 906. The molecule has 0 N–H and O–H groups in total. The Kier molecular flexibility index (Phi) is 7.42. The Morgan fingerprint density at radius 3 is 2.00 bits per heavy atom. The second-order valence-corrected chi connectivity index (χ2v) is 10.3. The number of nitrogens with zero attached hydrogens (tertiary/aromatic N) is 2. The van der Waals surface area contributed by atoms with Crippen molar-refractivity contribution in [3.63, 3.8) is 0 Å². The van der Waals surface area contributed by atoms with Crippen molar-refractivity contribution in [1.82, 2.24) is 4.90 Å². The van der Waals surface area contributed by atoms with Crippen LogP contribution >= 0.6 is 0 Å². The number of hydrogen-bond acceptors (Lipinski definition) is 4. The molecule has 31 heavy (non-hydrogen) atoms. The van der Waals surface area contributed by atoms with Gasteiger partial charge >= 0.3 is 0 Å². The number of benzene rings is 2. The highest BCUT2D eigenvalue weighted by molar-refractivity contribution is 7.85. The molecule has 1 saturated carbocycles. The number of nitriles is 1. The van der Waals surface area contributed by atoms with Crippen LogP contribution in [0, 0.1) is 23.2 Å².